The van der Waals surface area contributed by atoms with Crippen LogP contribution in [0.3, 0.4) is 0 Å². The van der Waals surface area contributed by atoms with Crippen LogP contribution in [-0.2, 0) is 0 Å². The zero-order valence-electron chi connectivity index (χ0n) is 15.5. The Balaban J connectivity index is 1.70. The number of aromatic nitrogens is 1. The molecule has 3 heterocycles. The Labute approximate surface area is 170 Å². The molecule has 0 bridgehead atoms. The van der Waals surface area contributed by atoms with E-state index in [0.717, 1.165) is 31.6 Å². The molecule has 0 radical (unpaired) electrons. The van der Waals surface area contributed by atoms with E-state index < -0.39 is 35.0 Å². The van der Waals surface area contributed by atoms with Gasteiger partial charge in [-0.25, -0.2) is 13.6 Å². The lowest BCUT2D eigenvalue weighted by atomic mass is 9.94. The average molecular weight is 424 g/mol. The highest BCUT2D eigenvalue weighted by Gasteiger charge is 2.42. The van der Waals surface area contributed by atoms with Crippen LogP contribution in [-0.4, -0.2) is 47.5 Å². The van der Waals surface area contributed by atoms with E-state index in [2.05, 4.69) is 5.32 Å². The normalized spacial score (nSPS) is 28.6. The molecule has 4 atom stereocenters. The highest BCUT2D eigenvalue weighted by Crippen LogP contribution is 2.45. The standard InChI is InChI=1S/C20H20ClF2N3O3/c21-16-17-10(19(27)11(20(28)29)7-26(17)15-5-12(15)22)4-13(23)18(16)25-6-9-2-1-3-24-14(9)8-25/h4,7,9,12,14-15,24H,1-3,5-6,8H2,(H,28,29)/t9-,12-,14+,15+/m0/s1. The highest BCUT2D eigenvalue weighted by atomic mass is 35.5. The van der Waals surface area contributed by atoms with Crippen molar-refractivity contribution in [3.05, 3.63) is 38.9 Å². The number of piperidine rings is 1. The van der Waals surface area contributed by atoms with Gasteiger partial charge in [-0.05, 0) is 31.4 Å². The van der Waals surface area contributed by atoms with Gasteiger partial charge in [0.1, 0.15) is 17.6 Å². The quantitative estimate of drug-likeness (QED) is 0.794. The average Bonchev–Trinajstić information content (AvgIpc) is 3.24. The molecular weight excluding hydrogens is 404 g/mol. The Bertz CT molecular complexity index is 1080. The zero-order valence-corrected chi connectivity index (χ0v) is 16.3. The maximum Gasteiger partial charge on any atom is 0.341 e. The molecular formula is C20H20ClF2N3O3. The van der Waals surface area contributed by atoms with Gasteiger partial charge in [0.05, 0.1) is 27.7 Å². The fourth-order valence-corrected chi connectivity index (χ4v) is 5.21. The third-order valence-corrected chi connectivity index (χ3v) is 6.73. The van der Waals surface area contributed by atoms with Crippen molar-refractivity contribution in [2.24, 2.45) is 5.92 Å². The number of benzene rings is 1. The van der Waals surface area contributed by atoms with Crippen LogP contribution in [0.15, 0.2) is 17.1 Å². The van der Waals surface area contributed by atoms with Crippen LogP contribution in [0.2, 0.25) is 5.02 Å². The molecule has 0 unspecified atom stereocenters. The Morgan fingerprint density at radius 1 is 1.34 bits per heavy atom. The van der Waals surface area contributed by atoms with Gasteiger partial charge < -0.3 is 19.9 Å². The lowest BCUT2D eigenvalue weighted by molar-refractivity contribution is 0.0694. The fraction of sp³-hybridized carbons (Fsp3) is 0.500. The highest BCUT2D eigenvalue weighted by molar-refractivity contribution is 6.38. The summed E-state index contributed by atoms with van der Waals surface area (Å²) in [6.07, 6.45) is 2.32. The number of carboxylic acid groups (broad SMARTS) is 1. The van der Waals surface area contributed by atoms with Crippen molar-refractivity contribution in [3.8, 4) is 0 Å². The van der Waals surface area contributed by atoms with Crippen LogP contribution in [0.25, 0.3) is 10.9 Å². The number of fused-ring (bicyclic) bond motifs is 2. The van der Waals surface area contributed by atoms with Gasteiger partial charge in [-0.1, -0.05) is 11.6 Å². The minimum atomic E-state index is -1.43. The maximum atomic E-state index is 15.1. The summed E-state index contributed by atoms with van der Waals surface area (Å²) in [5.74, 6) is -1.71. The molecule has 3 fully saturated rings. The van der Waals surface area contributed by atoms with Crippen molar-refractivity contribution in [1.82, 2.24) is 9.88 Å². The summed E-state index contributed by atoms with van der Waals surface area (Å²) in [6, 6.07) is 0.701. The van der Waals surface area contributed by atoms with Gasteiger partial charge in [-0.15, -0.1) is 0 Å². The molecule has 2 aromatic rings. The van der Waals surface area contributed by atoms with Crippen LogP contribution in [0.5, 0.6) is 0 Å². The van der Waals surface area contributed by atoms with Gasteiger partial charge in [0.25, 0.3) is 0 Å². The molecule has 3 aliphatic rings. The van der Waals surface area contributed by atoms with E-state index in [1.165, 1.54) is 4.57 Å². The van der Waals surface area contributed by atoms with E-state index in [9.17, 15) is 19.1 Å². The number of carbonyl (C=O) groups is 1. The van der Waals surface area contributed by atoms with Crippen molar-refractivity contribution in [2.75, 3.05) is 24.5 Å². The minimum Gasteiger partial charge on any atom is -0.477 e. The number of anilines is 1. The van der Waals surface area contributed by atoms with Gasteiger partial charge in [0.15, 0.2) is 0 Å². The lowest BCUT2D eigenvalue weighted by Crippen LogP contribution is -2.40. The van der Waals surface area contributed by atoms with Crippen molar-refractivity contribution in [3.63, 3.8) is 0 Å². The molecule has 5 rings (SSSR count). The Kier molecular flexibility index (Phi) is 4.33. The van der Waals surface area contributed by atoms with E-state index in [0.29, 0.717) is 19.0 Å². The molecule has 1 aromatic heterocycles. The Hall–Kier alpha value is -2.19. The second-order valence-corrected chi connectivity index (χ2v) is 8.57. The molecule has 6 nitrogen and oxygen atoms in total. The maximum absolute atomic E-state index is 15.1. The number of hydrogen-bond donors (Lipinski definition) is 2. The largest absolute Gasteiger partial charge is 0.477 e. The number of hydrogen-bond acceptors (Lipinski definition) is 4. The minimum absolute atomic E-state index is 0.0341. The molecule has 2 saturated heterocycles. The molecule has 154 valence electrons. The van der Waals surface area contributed by atoms with Crippen molar-refractivity contribution >= 4 is 34.2 Å². The van der Waals surface area contributed by atoms with Crippen LogP contribution < -0.4 is 15.6 Å². The number of nitrogens with one attached hydrogen (secondary N) is 1. The van der Waals surface area contributed by atoms with Gasteiger partial charge >= 0.3 is 5.97 Å². The molecule has 0 amide bonds. The molecule has 1 aromatic carbocycles. The SMILES string of the molecule is O=C(O)c1cn([C@@H]2C[C@@H]2F)c2c(Cl)c(N3C[C@@H]4CCCN[C@@H]4C3)c(F)cc2c1=O. The van der Waals surface area contributed by atoms with Gasteiger partial charge in [0, 0.05) is 31.7 Å². The second kappa shape index (κ2) is 6.67. The third-order valence-electron chi connectivity index (χ3n) is 6.37. The first-order chi connectivity index (χ1) is 13.9. The number of rotatable bonds is 3. The van der Waals surface area contributed by atoms with Crippen molar-refractivity contribution in [1.29, 1.82) is 0 Å². The zero-order chi connectivity index (χ0) is 20.4. The topological polar surface area (TPSA) is 74.6 Å². The fourth-order valence-electron chi connectivity index (χ4n) is 4.80. The molecule has 2 aliphatic heterocycles. The van der Waals surface area contributed by atoms with Gasteiger partial charge in [-0.3, -0.25) is 4.79 Å². The summed E-state index contributed by atoms with van der Waals surface area (Å²) in [6.45, 7) is 2.17. The number of pyridine rings is 1. The number of carboxylic acids is 1. The Morgan fingerprint density at radius 3 is 2.76 bits per heavy atom. The first-order valence-electron chi connectivity index (χ1n) is 9.79. The summed E-state index contributed by atoms with van der Waals surface area (Å²) in [4.78, 5) is 26.0. The molecule has 1 saturated carbocycles. The Morgan fingerprint density at radius 2 is 2.10 bits per heavy atom. The van der Waals surface area contributed by atoms with E-state index in [4.69, 9.17) is 11.6 Å². The summed E-state index contributed by atoms with van der Waals surface area (Å²) >= 11 is 6.62. The number of nitrogens with zero attached hydrogens (tertiary/aromatic N) is 2. The van der Waals surface area contributed by atoms with E-state index >= 15 is 4.39 Å². The molecule has 9 heteroatoms. The predicted molar refractivity (Wildman–Crippen MR) is 105 cm³/mol. The summed E-state index contributed by atoms with van der Waals surface area (Å²) in [5, 5.41) is 12.7. The number of alkyl halides is 1. The van der Waals surface area contributed by atoms with E-state index in [1.54, 1.807) is 0 Å². The molecule has 0 spiro atoms. The summed E-state index contributed by atoms with van der Waals surface area (Å²) in [5.41, 5.74) is -0.936. The van der Waals surface area contributed by atoms with Crippen molar-refractivity contribution < 1.29 is 18.7 Å². The lowest BCUT2D eigenvalue weighted by Gasteiger charge is -2.24. The third kappa shape index (κ3) is 2.92. The van der Waals surface area contributed by atoms with E-state index in [1.807, 2.05) is 4.90 Å². The first kappa shape index (κ1) is 18.8. The number of halogens is 3. The van der Waals surface area contributed by atoms with Crippen LogP contribution in [0.4, 0.5) is 14.5 Å². The van der Waals surface area contributed by atoms with Gasteiger partial charge in [-0.2, -0.15) is 0 Å². The van der Waals surface area contributed by atoms with Gasteiger partial charge in [0.2, 0.25) is 5.43 Å². The van der Waals surface area contributed by atoms with Crippen LogP contribution in [0, 0.1) is 11.7 Å². The predicted octanol–water partition coefficient (Wildman–Crippen LogP) is 2.96. The first-order valence-corrected chi connectivity index (χ1v) is 10.2. The van der Waals surface area contributed by atoms with Crippen LogP contribution in [0.1, 0.15) is 35.7 Å². The van der Waals surface area contributed by atoms with Crippen LogP contribution >= 0.6 is 11.6 Å². The summed E-state index contributed by atoms with van der Waals surface area (Å²) in [7, 11) is 0. The van der Waals surface area contributed by atoms with Crippen molar-refractivity contribution in [2.45, 2.75) is 37.5 Å². The monoisotopic (exact) mass is 423 g/mol. The second-order valence-electron chi connectivity index (χ2n) is 8.19. The molecule has 1 aliphatic carbocycles. The summed E-state index contributed by atoms with van der Waals surface area (Å²) < 4.78 is 30.4. The van der Waals surface area contributed by atoms with E-state index in [-0.39, 0.29) is 34.1 Å². The molecule has 29 heavy (non-hydrogen) atoms. The number of aromatic carboxylic acids is 1. The smallest absolute Gasteiger partial charge is 0.341 e. The molecule has 2 N–H and O–H groups in total.